The Balaban J connectivity index is 1.58. The Morgan fingerprint density at radius 3 is 3.04 bits per heavy atom. The fraction of sp³-hybridized carbons (Fsp3) is 0.167. The Labute approximate surface area is 138 Å². The van der Waals surface area contributed by atoms with Gasteiger partial charge in [0.1, 0.15) is 5.52 Å². The maximum absolute atomic E-state index is 4.69. The average molecular weight is 316 g/mol. The predicted octanol–water partition coefficient (Wildman–Crippen LogP) is 4.03. The number of hydrogen-bond donors (Lipinski definition) is 2. The van der Waals surface area contributed by atoms with Crippen molar-refractivity contribution in [2.24, 2.45) is 0 Å². The second kappa shape index (κ2) is 4.92. The van der Waals surface area contributed by atoms with E-state index in [0.717, 1.165) is 28.1 Å². The molecule has 1 aliphatic rings. The van der Waals surface area contributed by atoms with E-state index in [-0.39, 0.29) is 0 Å². The van der Waals surface area contributed by atoms with Gasteiger partial charge in [0, 0.05) is 29.4 Å². The van der Waals surface area contributed by atoms with Gasteiger partial charge in [0.15, 0.2) is 5.82 Å². The van der Waals surface area contributed by atoms with E-state index in [1.807, 2.05) is 16.8 Å². The lowest BCUT2D eigenvalue weighted by Gasteiger charge is -2.04. The SMILES string of the molecule is C=Cn1nc(C2CC2)c2ccc(Nc3n[nH]c4cccnc34)cc21. The molecule has 4 aromatic rings. The highest BCUT2D eigenvalue weighted by atomic mass is 15.3. The number of H-pyrrole nitrogens is 1. The molecule has 2 N–H and O–H groups in total. The molecule has 118 valence electrons. The summed E-state index contributed by atoms with van der Waals surface area (Å²) >= 11 is 0. The maximum atomic E-state index is 4.69. The van der Waals surface area contributed by atoms with Crippen LogP contribution in [-0.2, 0) is 0 Å². The van der Waals surface area contributed by atoms with Gasteiger partial charge in [0.25, 0.3) is 0 Å². The molecule has 0 aliphatic heterocycles. The van der Waals surface area contributed by atoms with E-state index >= 15 is 0 Å². The summed E-state index contributed by atoms with van der Waals surface area (Å²) in [4.78, 5) is 4.38. The van der Waals surface area contributed by atoms with Crippen LogP contribution >= 0.6 is 0 Å². The first-order valence-electron chi connectivity index (χ1n) is 8.04. The summed E-state index contributed by atoms with van der Waals surface area (Å²) in [6.45, 7) is 3.87. The second-order valence-corrected chi connectivity index (χ2v) is 6.12. The molecule has 0 amide bonds. The van der Waals surface area contributed by atoms with Gasteiger partial charge >= 0.3 is 0 Å². The Hall–Kier alpha value is -3.15. The third-order valence-electron chi connectivity index (χ3n) is 4.46. The molecule has 6 heteroatoms. The lowest BCUT2D eigenvalue weighted by Crippen LogP contribution is -1.93. The highest BCUT2D eigenvalue weighted by molar-refractivity contribution is 5.91. The smallest absolute Gasteiger partial charge is 0.178 e. The lowest BCUT2D eigenvalue weighted by atomic mass is 10.1. The third-order valence-corrected chi connectivity index (χ3v) is 4.46. The van der Waals surface area contributed by atoms with Crippen LogP contribution in [-0.4, -0.2) is 25.0 Å². The number of fused-ring (bicyclic) bond motifs is 2. The molecule has 6 nitrogen and oxygen atoms in total. The van der Waals surface area contributed by atoms with Crippen molar-refractivity contribution in [2.45, 2.75) is 18.8 Å². The van der Waals surface area contributed by atoms with Crippen molar-refractivity contribution in [1.82, 2.24) is 25.0 Å². The largest absolute Gasteiger partial charge is 0.337 e. The number of aromatic amines is 1. The fourth-order valence-corrected chi connectivity index (χ4v) is 3.11. The monoisotopic (exact) mass is 316 g/mol. The Morgan fingerprint density at radius 2 is 2.21 bits per heavy atom. The van der Waals surface area contributed by atoms with Crippen LogP contribution in [0.2, 0.25) is 0 Å². The first-order chi connectivity index (χ1) is 11.8. The fourth-order valence-electron chi connectivity index (χ4n) is 3.11. The molecule has 0 unspecified atom stereocenters. The van der Waals surface area contributed by atoms with Crippen molar-refractivity contribution in [2.75, 3.05) is 5.32 Å². The molecule has 0 bridgehead atoms. The summed E-state index contributed by atoms with van der Waals surface area (Å²) < 4.78 is 1.86. The normalized spacial score (nSPS) is 14.3. The van der Waals surface area contributed by atoms with Crippen LogP contribution in [0.1, 0.15) is 24.5 Å². The Bertz CT molecular complexity index is 1070. The van der Waals surface area contributed by atoms with Crippen molar-refractivity contribution >= 4 is 39.6 Å². The Morgan fingerprint density at radius 1 is 1.29 bits per heavy atom. The van der Waals surface area contributed by atoms with Gasteiger partial charge in [-0.25, -0.2) is 4.68 Å². The molecule has 0 spiro atoms. The number of nitrogens with one attached hydrogen (secondary N) is 2. The topological polar surface area (TPSA) is 71.4 Å². The second-order valence-electron chi connectivity index (χ2n) is 6.12. The molecule has 3 aromatic heterocycles. The summed E-state index contributed by atoms with van der Waals surface area (Å²) in [5, 5.41) is 16.5. The van der Waals surface area contributed by atoms with Gasteiger partial charge in [-0.2, -0.15) is 10.2 Å². The average Bonchev–Trinajstić information content (AvgIpc) is 3.29. The van der Waals surface area contributed by atoms with Crippen molar-refractivity contribution in [3.8, 4) is 0 Å². The number of aromatic nitrogens is 5. The van der Waals surface area contributed by atoms with E-state index in [0.29, 0.717) is 5.92 Å². The van der Waals surface area contributed by atoms with E-state index in [1.165, 1.54) is 23.9 Å². The number of nitrogens with zero attached hydrogens (tertiary/aromatic N) is 4. The van der Waals surface area contributed by atoms with Gasteiger partial charge in [-0.15, -0.1) is 0 Å². The zero-order valence-electron chi connectivity index (χ0n) is 13.0. The van der Waals surface area contributed by atoms with E-state index in [1.54, 1.807) is 12.4 Å². The molecule has 1 fully saturated rings. The van der Waals surface area contributed by atoms with Crippen LogP contribution in [0.15, 0.2) is 43.1 Å². The van der Waals surface area contributed by atoms with Crippen molar-refractivity contribution in [1.29, 1.82) is 0 Å². The standard InChI is InChI=1S/C18H16N6/c1-2-24-15-10-12(7-8-13(15)16(23-24)11-5-6-11)20-18-17-14(21-22-18)4-3-9-19-17/h2-4,7-11H,1,5-6H2,(H2,20,21,22). The van der Waals surface area contributed by atoms with Gasteiger partial charge in [-0.05, 0) is 43.2 Å². The zero-order chi connectivity index (χ0) is 16.1. The van der Waals surface area contributed by atoms with E-state index in [4.69, 9.17) is 5.10 Å². The number of anilines is 2. The summed E-state index contributed by atoms with van der Waals surface area (Å²) in [6.07, 6.45) is 5.98. The Kier molecular flexibility index (Phi) is 2.73. The van der Waals surface area contributed by atoms with Crippen LogP contribution in [0.4, 0.5) is 11.5 Å². The third kappa shape index (κ3) is 2.00. The number of hydrogen-bond acceptors (Lipinski definition) is 4. The molecule has 1 aliphatic carbocycles. The highest BCUT2D eigenvalue weighted by Crippen LogP contribution is 2.43. The minimum atomic E-state index is 0.604. The number of pyridine rings is 1. The van der Waals surface area contributed by atoms with Gasteiger partial charge in [-0.1, -0.05) is 6.58 Å². The maximum Gasteiger partial charge on any atom is 0.178 e. The van der Waals surface area contributed by atoms with Crippen molar-refractivity contribution < 1.29 is 0 Å². The predicted molar refractivity (Wildman–Crippen MR) is 95.3 cm³/mol. The highest BCUT2D eigenvalue weighted by Gasteiger charge is 2.28. The molecule has 5 rings (SSSR count). The molecule has 24 heavy (non-hydrogen) atoms. The van der Waals surface area contributed by atoms with Gasteiger partial charge in [0.05, 0.1) is 16.7 Å². The molecular formula is C18H16N6. The van der Waals surface area contributed by atoms with E-state index < -0.39 is 0 Å². The summed E-state index contributed by atoms with van der Waals surface area (Å²) in [6, 6.07) is 10.1. The van der Waals surface area contributed by atoms with Crippen molar-refractivity contribution in [3.05, 3.63) is 48.8 Å². The minimum Gasteiger partial charge on any atom is -0.337 e. The number of benzene rings is 1. The van der Waals surface area contributed by atoms with Gasteiger partial charge in [0.2, 0.25) is 0 Å². The molecule has 3 heterocycles. The number of rotatable bonds is 4. The van der Waals surface area contributed by atoms with Crippen LogP contribution < -0.4 is 5.32 Å². The lowest BCUT2D eigenvalue weighted by molar-refractivity contribution is 0.896. The van der Waals surface area contributed by atoms with E-state index in [2.05, 4.69) is 45.3 Å². The summed E-state index contributed by atoms with van der Waals surface area (Å²) in [7, 11) is 0. The molecule has 1 aromatic carbocycles. The quantitative estimate of drug-likeness (QED) is 0.596. The molecule has 0 saturated heterocycles. The molecule has 0 radical (unpaired) electrons. The van der Waals surface area contributed by atoms with E-state index in [9.17, 15) is 0 Å². The van der Waals surface area contributed by atoms with Gasteiger partial charge < -0.3 is 5.32 Å². The van der Waals surface area contributed by atoms with Crippen LogP contribution in [0.5, 0.6) is 0 Å². The first-order valence-corrected chi connectivity index (χ1v) is 8.04. The molecule has 1 saturated carbocycles. The summed E-state index contributed by atoms with van der Waals surface area (Å²) in [5.74, 6) is 1.32. The molecule has 0 atom stereocenters. The zero-order valence-corrected chi connectivity index (χ0v) is 13.0. The first kappa shape index (κ1) is 13.3. The minimum absolute atomic E-state index is 0.604. The van der Waals surface area contributed by atoms with Crippen LogP contribution in [0.25, 0.3) is 28.1 Å². The summed E-state index contributed by atoms with van der Waals surface area (Å²) in [5.41, 5.74) is 4.93. The molecular weight excluding hydrogens is 300 g/mol. The van der Waals surface area contributed by atoms with Gasteiger partial charge in [-0.3, -0.25) is 10.1 Å². The van der Waals surface area contributed by atoms with Crippen LogP contribution in [0.3, 0.4) is 0 Å². The van der Waals surface area contributed by atoms with Crippen molar-refractivity contribution in [3.63, 3.8) is 0 Å². The van der Waals surface area contributed by atoms with Crippen LogP contribution in [0, 0.1) is 0 Å².